The van der Waals surface area contributed by atoms with Crippen LogP contribution in [-0.2, 0) is 11.8 Å². The van der Waals surface area contributed by atoms with Crippen LogP contribution in [0.3, 0.4) is 0 Å². The molecule has 0 fully saturated rings. The Bertz CT molecular complexity index is 720. The molecule has 1 N–H and O–H groups in total. The van der Waals surface area contributed by atoms with Crippen molar-refractivity contribution in [2.24, 2.45) is 7.05 Å². The molecule has 0 radical (unpaired) electrons. The van der Waals surface area contributed by atoms with Crippen LogP contribution < -0.4 is 0 Å². The van der Waals surface area contributed by atoms with Crippen molar-refractivity contribution in [2.45, 2.75) is 13.0 Å². The molecule has 8 heteroatoms. The van der Waals surface area contributed by atoms with Crippen molar-refractivity contribution >= 4 is 33.5 Å². The highest BCUT2D eigenvalue weighted by Crippen LogP contribution is 2.31. The molecule has 22 heavy (non-hydrogen) atoms. The normalized spacial score (nSPS) is 12.3. The molecule has 0 aliphatic rings. The summed E-state index contributed by atoms with van der Waals surface area (Å²) in [7, 11) is 1.54. The average molecular weight is 392 g/mol. The SMILES string of the molecule is CCOC(=O)c1c(Br)nn(C)c1C(O)c1ccc(Cl)cc1F. The summed E-state index contributed by atoms with van der Waals surface area (Å²) < 4.78 is 20.5. The number of aliphatic hydroxyl groups excluding tert-OH is 1. The number of benzene rings is 1. The van der Waals surface area contributed by atoms with Crippen LogP contribution >= 0.6 is 27.5 Å². The van der Waals surface area contributed by atoms with E-state index in [0.29, 0.717) is 0 Å². The van der Waals surface area contributed by atoms with Crippen LogP contribution in [0.4, 0.5) is 4.39 Å². The number of aliphatic hydroxyl groups is 1. The van der Waals surface area contributed by atoms with E-state index in [4.69, 9.17) is 16.3 Å². The summed E-state index contributed by atoms with van der Waals surface area (Å²) >= 11 is 8.86. The van der Waals surface area contributed by atoms with Crippen molar-refractivity contribution in [1.82, 2.24) is 9.78 Å². The number of aryl methyl sites for hydroxylation is 1. The van der Waals surface area contributed by atoms with Crippen molar-refractivity contribution in [1.29, 1.82) is 0 Å². The second kappa shape index (κ2) is 6.76. The third-order valence-corrected chi connectivity index (χ3v) is 3.83. The summed E-state index contributed by atoms with van der Waals surface area (Å²) in [6.07, 6.45) is -1.39. The van der Waals surface area contributed by atoms with E-state index in [-0.39, 0.29) is 33.1 Å². The minimum atomic E-state index is -1.39. The molecule has 0 spiro atoms. The fourth-order valence-corrected chi connectivity index (χ4v) is 2.84. The van der Waals surface area contributed by atoms with Gasteiger partial charge in [-0.3, -0.25) is 4.68 Å². The van der Waals surface area contributed by atoms with Crippen LogP contribution in [0.15, 0.2) is 22.8 Å². The number of carbonyl (C=O) groups is 1. The van der Waals surface area contributed by atoms with Crippen molar-refractivity contribution in [3.63, 3.8) is 0 Å². The van der Waals surface area contributed by atoms with Gasteiger partial charge in [0, 0.05) is 17.6 Å². The molecule has 2 rings (SSSR count). The zero-order valence-electron chi connectivity index (χ0n) is 11.8. The predicted octanol–water partition coefficient (Wildman–Crippen LogP) is 3.23. The number of hydrogen-bond acceptors (Lipinski definition) is 4. The van der Waals surface area contributed by atoms with Crippen LogP contribution in [0, 0.1) is 5.82 Å². The third kappa shape index (κ3) is 3.16. The Hall–Kier alpha value is -1.44. The highest BCUT2D eigenvalue weighted by Gasteiger charge is 2.29. The average Bonchev–Trinajstić information content (AvgIpc) is 2.73. The zero-order chi connectivity index (χ0) is 16.4. The highest BCUT2D eigenvalue weighted by molar-refractivity contribution is 9.10. The molecule has 1 unspecified atom stereocenters. The second-order valence-electron chi connectivity index (χ2n) is 4.46. The molecule has 0 saturated carbocycles. The minimum Gasteiger partial charge on any atom is -0.462 e. The molecule has 1 heterocycles. The van der Waals surface area contributed by atoms with E-state index >= 15 is 0 Å². The molecule has 1 aromatic carbocycles. The first-order valence-corrected chi connectivity index (χ1v) is 7.56. The van der Waals surface area contributed by atoms with Gasteiger partial charge in [0.1, 0.15) is 22.1 Å². The van der Waals surface area contributed by atoms with Crippen LogP contribution in [0.2, 0.25) is 5.02 Å². The fourth-order valence-electron chi connectivity index (χ4n) is 2.08. The lowest BCUT2D eigenvalue weighted by atomic mass is 10.0. The summed E-state index contributed by atoms with van der Waals surface area (Å²) in [5.74, 6) is -1.32. The Labute approximate surface area is 139 Å². The van der Waals surface area contributed by atoms with Gasteiger partial charge in [-0.05, 0) is 35.0 Å². The molecule has 0 bridgehead atoms. The van der Waals surface area contributed by atoms with Gasteiger partial charge in [0.05, 0.1) is 12.3 Å². The first-order valence-electron chi connectivity index (χ1n) is 6.39. The van der Waals surface area contributed by atoms with Gasteiger partial charge in [-0.1, -0.05) is 17.7 Å². The molecule has 0 aliphatic heterocycles. The van der Waals surface area contributed by atoms with E-state index in [0.717, 1.165) is 6.07 Å². The molecule has 0 amide bonds. The standard InChI is InChI=1S/C14H13BrClFN2O3/c1-3-22-14(21)10-11(19(2)18-13(10)15)12(20)8-5-4-7(16)6-9(8)17/h4-6,12,20H,3H2,1-2H3. The Morgan fingerprint density at radius 1 is 1.59 bits per heavy atom. The van der Waals surface area contributed by atoms with Gasteiger partial charge in [-0.15, -0.1) is 0 Å². The third-order valence-electron chi connectivity index (χ3n) is 3.04. The van der Waals surface area contributed by atoms with Gasteiger partial charge in [0.15, 0.2) is 0 Å². The molecular weight excluding hydrogens is 379 g/mol. The molecular formula is C14H13BrClFN2O3. The maximum absolute atomic E-state index is 14.0. The number of ether oxygens (including phenoxy) is 1. The largest absolute Gasteiger partial charge is 0.462 e. The number of esters is 1. The number of aromatic nitrogens is 2. The Morgan fingerprint density at radius 2 is 2.27 bits per heavy atom. The summed E-state index contributed by atoms with van der Waals surface area (Å²) in [5.41, 5.74) is 0.184. The summed E-state index contributed by atoms with van der Waals surface area (Å²) in [6.45, 7) is 1.84. The van der Waals surface area contributed by atoms with E-state index in [1.54, 1.807) is 14.0 Å². The second-order valence-corrected chi connectivity index (χ2v) is 5.65. The van der Waals surface area contributed by atoms with Crippen molar-refractivity contribution in [3.8, 4) is 0 Å². The molecule has 0 saturated heterocycles. The monoisotopic (exact) mass is 390 g/mol. The lowest BCUT2D eigenvalue weighted by Crippen LogP contribution is -2.14. The summed E-state index contributed by atoms with van der Waals surface area (Å²) in [4.78, 5) is 12.0. The van der Waals surface area contributed by atoms with Crippen molar-refractivity contribution in [2.75, 3.05) is 6.61 Å². The molecule has 118 valence electrons. The molecule has 1 atom stereocenters. The van der Waals surface area contributed by atoms with E-state index in [2.05, 4.69) is 21.0 Å². The maximum atomic E-state index is 14.0. The van der Waals surface area contributed by atoms with Gasteiger partial charge in [0.2, 0.25) is 0 Å². The quantitative estimate of drug-likeness (QED) is 0.813. The van der Waals surface area contributed by atoms with Crippen molar-refractivity contribution < 1.29 is 19.0 Å². The van der Waals surface area contributed by atoms with Crippen molar-refractivity contribution in [3.05, 3.63) is 50.5 Å². The van der Waals surface area contributed by atoms with Gasteiger partial charge >= 0.3 is 5.97 Å². The zero-order valence-corrected chi connectivity index (χ0v) is 14.2. The number of nitrogens with zero attached hydrogens (tertiary/aromatic N) is 2. The maximum Gasteiger partial charge on any atom is 0.342 e. The molecule has 2 aromatic rings. The molecule has 0 aliphatic carbocycles. The topological polar surface area (TPSA) is 64.3 Å². The first-order chi connectivity index (χ1) is 10.4. The molecule has 5 nitrogen and oxygen atoms in total. The van der Waals surface area contributed by atoms with E-state index in [1.165, 1.54) is 16.8 Å². The van der Waals surface area contributed by atoms with Crippen LogP contribution in [0.1, 0.15) is 34.6 Å². The number of carbonyl (C=O) groups excluding carboxylic acids is 1. The Kier molecular flexibility index (Phi) is 5.20. The van der Waals surface area contributed by atoms with Gasteiger partial charge in [-0.25, -0.2) is 9.18 Å². The highest BCUT2D eigenvalue weighted by atomic mass is 79.9. The smallest absolute Gasteiger partial charge is 0.342 e. The lowest BCUT2D eigenvalue weighted by molar-refractivity contribution is 0.0519. The van der Waals surface area contributed by atoms with E-state index < -0.39 is 17.9 Å². The predicted molar refractivity (Wildman–Crippen MR) is 82.3 cm³/mol. The van der Waals surface area contributed by atoms with Crippen LogP contribution in [0.25, 0.3) is 0 Å². The number of halogens is 3. The minimum absolute atomic E-state index is 0.00884. The van der Waals surface area contributed by atoms with E-state index in [1.807, 2.05) is 0 Å². The first kappa shape index (κ1) is 16.9. The molecule has 1 aromatic heterocycles. The van der Waals surface area contributed by atoms with Gasteiger partial charge in [0.25, 0.3) is 0 Å². The summed E-state index contributed by atoms with van der Waals surface area (Å²) in [6, 6.07) is 3.91. The van der Waals surface area contributed by atoms with Gasteiger partial charge < -0.3 is 9.84 Å². The number of hydrogen-bond donors (Lipinski definition) is 1. The van der Waals surface area contributed by atoms with Crippen LogP contribution in [-0.4, -0.2) is 27.5 Å². The van der Waals surface area contributed by atoms with Gasteiger partial charge in [-0.2, -0.15) is 5.10 Å². The summed E-state index contributed by atoms with van der Waals surface area (Å²) in [5, 5.41) is 14.7. The Morgan fingerprint density at radius 3 is 2.86 bits per heavy atom. The fraction of sp³-hybridized carbons (Fsp3) is 0.286. The lowest BCUT2D eigenvalue weighted by Gasteiger charge is -2.14. The Balaban J connectivity index is 2.54. The van der Waals surface area contributed by atoms with E-state index in [9.17, 15) is 14.3 Å². The van der Waals surface area contributed by atoms with Crippen LogP contribution in [0.5, 0.6) is 0 Å². The number of rotatable bonds is 4.